The number of rotatable bonds is 8. The van der Waals surface area contributed by atoms with Crippen molar-refractivity contribution in [2.45, 2.75) is 84.5 Å². The lowest BCUT2D eigenvalue weighted by Gasteiger charge is -2.35. The second-order valence-electron chi connectivity index (χ2n) is 15.9. The molecule has 2 aromatic heterocycles. The highest BCUT2D eigenvalue weighted by molar-refractivity contribution is 5.86. The molecule has 2 saturated heterocycles. The van der Waals surface area contributed by atoms with Gasteiger partial charge in [0, 0.05) is 12.6 Å². The fraction of sp³-hybridized carbons (Fsp3) is 0.405. The minimum atomic E-state index is -0.905. The largest absolute Gasteiger partial charge is 0.465 e. The SMILES string of the molecule is COC(=O)N[C@H](C(=O)N1CCC[C@H]1c1ncc(-c2ccc(-c3ccc(-c4ccc5nc(C6CCC(C(C)(C)C)N6C(=O)O)[nH]c5c4)cc3)cc2)[nH]1)C(C)C. The van der Waals surface area contributed by atoms with Crippen LogP contribution in [-0.4, -0.2) is 78.7 Å². The monoisotopic (exact) mass is 731 g/mol. The van der Waals surface area contributed by atoms with Crippen LogP contribution in [0.1, 0.15) is 84.0 Å². The lowest BCUT2D eigenvalue weighted by Crippen LogP contribution is -2.51. The highest BCUT2D eigenvalue weighted by atomic mass is 16.5. The van der Waals surface area contributed by atoms with Crippen LogP contribution in [0, 0.1) is 11.3 Å². The molecule has 4 heterocycles. The topological polar surface area (TPSA) is 157 Å². The number of nitrogens with zero attached hydrogens (tertiary/aromatic N) is 4. The number of nitrogens with one attached hydrogen (secondary N) is 3. The van der Waals surface area contributed by atoms with Crippen molar-refractivity contribution < 1.29 is 24.2 Å². The molecule has 3 aromatic carbocycles. The number of imidazole rings is 2. The molecule has 0 bridgehead atoms. The molecular formula is C42H49N7O5. The predicted octanol–water partition coefficient (Wildman–Crippen LogP) is 8.56. The van der Waals surface area contributed by atoms with E-state index >= 15 is 0 Å². The van der Waals surface area contributed by atoms with Gasteiger partial charge in [0.25, 0.3) is 0 Å². The van der Waals surface area contributed by atoms with Crippen LogP contribution in [0.15, 0.2) is 72.9 Å². The van der Waals surface area contributed by atoms with Crippen molar-refractivity contribution in [2.24, 2.45) is 11.3 Å². The van der Waals surface area contributed by atoms with Gasteiger partial charge >= 0.3 is 12.2 Å². The van der Waals surface area contributed by atoms with Crippen LogP contribution in [0.5, 0.6) is 0 Å². The maximum atomic E-state index is 13.5. The fourth-order valence-corrected chi connectivity index (χ4v) is 8.11. The van der Waals surface area contributed by atoms with E-state index in [2.05, 4.69) is 102 Å². The van der Waals surface area contributed by atoms with Gasteiger partial charge in [0.2, 0.25) is 5.91 Å². The molecule has 282 valence electrons. The van der Waals surface area contributed by atoms with Crippen LogP contribution in [0.25, 0.3) is 44.5 Å². The highest BCUT2D eigenvalue weighted by Crippen LogP contribution is 2.43. The Kier molecular flexibility index (Phi) is 9.95. The Morgan fingerprint density at radius 3 is 2.09 bits per heavy atom. The smallest absolute Gasteiger partial charge is 0.408 e. The lowest BCUT2D eigenvalue weighted by molar-refractivity contribution is -0.135. The van der Waals surface area contributed by atoms with Crippen LogP contribution in [0.3, 0.4) is 0 Å². The van der Waals surface area contributed by atoms with Crippen molar-refractivity contribution >= 4 is 29.1 Å². The Bertz CT molecular complexity index is 2150. The summed E-state index contributed by atoms with van der Waals surface area (Å²) in [4.78, 5) is 57.5. The number of hydrogen-bond acceptors (Lipinski definition) is 6. The van der Waals surface area contributed by atoms with E-state index in [9.17, 15) is 19.5 Å². The molecule has 2 aliphatic rings. The number of carbonyl (C=O) groups is 3. The summed E-state index contributed by atoms with van der Waals surface area (Å²) in [5.41, 5.74) is 7.69. The number of fused-ring (bicyclic) bond motifs is 1. The molecule has 4 atom stereocenters. The molecule has 12 heteroatoms. The van der Waals surface area contributed by atoms with Gasteiger partial charge in [-0.1, -0.05) is 89.2 Å². The van der Waals surface area contributed by atoms with E-state index < -0.39 is 18.2 Å². The number of hydrogen-bond donors (Lipinski definition) is 4. The van der Waals surface area contributed by atoms with Crippen LogP contribution < -0.4 is 5.32 Å². The Hall–Kier alpha value is -5.65. The van der Waals surface area contributed by atoms with Crippen molar-refractivity contribution in [1.29, 1.82) is 0 Å². The Labute approximate surface area is 315 Å². The average molecular weight is 732 g/mol. The molecule has 54 heavy (non-hydrogen) atoms. The zero-order valence-electron chi connectivity index (χ0n) is 31.7. The number of ether oxygens (including phenoxy) is 1. The van der Waals surface area contributed by atoms with Gasteiger partial charge in [-0.15, -0.1) is 0 Å². The maximum absolute atomic E-state index is 13.5. The normalized spacial score (nSPS) is 19.4. The zero-order chi connectivity index (χ0) is 38.3. The summed E-state index contributed by atoms with van der Waals surface area (Å²) in [5, 5.41) is 12.8. The van der Waals surface area contributed by atoms with Gasteiger partial charge in [0.05, 0.1) is 42.1 Å². The van der Waals surface area contributed by atoms with Crippen molar-refractivity contribution in [1.82, 2.24) is 35.1 Å². The predicted molar refractivity (Wildman–Crippen MR) is 207 cm³/mol. The molecular weight excluding hydrogens is 683 g/mol. The van der Waals surface area contributed by atoms with Crippen LogP contribution in [-0.2, 0) is 9.53 Å². The summed E-state index contributed by atoms with van der Waals surface area (Å²) in [7, 11) is 1.29. The fourth-order valence-electron chi connectivity index (χ4n) is 8.11. The lowest BCUT2D eigenvalue weighted by atomic mass is 9.85. The van der Waals surface area contributed by atoms with Crippen molar-refractivity contribution in [3.63, 3.8) is 0 Å². The molecule has 2 aliphatic heterocycles. The summed E-state index contributed by atoms with van der Waals surface area (Å²) >= 11 is 0. The first-order valence-electron chi connectivity index (χ1n) is 18.7. The standard InChI is InChI=1S/C42H49N7O5/c1-24(2)36(47-40(51)54-6)39(50)48-21-7-8-33(48)37-43-23-32(46-37)28-15-13-26(14-16-28)25-9-11-27(12-10-25)29-17-18-30-31(22-29)45-38(44-30)34-19-20-35(42(3,4)5)49(34)41(52)53/h9-18,22-24,33-36H,7-8,19-21H2,1-6H3,(H,43,46)(H,44,45)(H,47,51)(H,52,53)/t33-,34?,35?,36-/m0/s1. The number of carbonyl (C=O) groups excluding carboxylic acids is 2. The Morgan fingerprint density at radius 1 is 0.852 bits per heavy atom. The second kappa shape index (κ2) is 14.6. The van der Waals surface area contributed by atoms with Gasteiger partial charge in [-0.2, -0.15) is 0 Å². The van der Waals surface area contributed by atoms with Crippen molar-refractivity contribution in [2.75, 3.05) is 13.7 Å². The van der Waals surface area contributed by atoms with E-state index in [1.54, 1.807) is 4.90 Å². The number of H-pyrrole nitrogens is 2. The summed E-state index contributed by atoms with van der Waals surface area (Å²) in [6.45, 7) is 10.7. The number of likely N-dealkylation sites (tertiary alicyclic amines) is 2. The molecule has 2 fully saturated rings. The molecule has 7 rings (SSSR count). The molecule has 0 radical (unpaired) electrons. The van der Waals surface area contributed by atoms with E-state index in [-0.39, 0.29) is 35.4 Å². The van der Waals surface area contributed by atoms with E-state index in [4.69, 9.17) is 9.72 Å². The van der Waals surface area contributed by atoms with Crippen LogP contribution in [0.2, 0.25) is 0 Å². The first-order valence-corrected chi connectivity index (χ1v) is 18.7. The third kappa shape index (κ3) is 7.16. The van der Waals surface area contributed by atoms with Gasteiger partial charge in [0.1, 0.15) is 17.7 Å². The van der Waals surface area contributed by atoms with Gasteiger partial charge < -0.3 is 30.0 Å². The molecule has 0 aliphatic carbocycles. The quantitative estimate of drug-likeness (QED) is 0.125. The number of alkyl carbamates (subject to hydrolysis) is 1. The Morgan fingerprint density at radius 2 is 1.48 bits per heavy atom. The highest BCUT2D eigenvalue weighted by Gasteiger charge is 2.44. The number of methoxy groups -OCH3 is 1. The number of benzene rings is 3. The molecule has 0 spiro atoms. The molecule has 0 saturated carbocycles. The molecule has 4 N–H and O–H groups in total. The first kappa shape index (κ1) is 36.7. The summed E-state index contributed by atoms with van der Waals surface area (Å²) in [5.74, 6) is 1.20. The maximum Gasteiger partial charge on any atom is 0.408 e. The summed E-state index contributed by atoms with van der Waals surface area (Å²) in [6.07, 6.45) is 3.48. The van der Waals surface area contributed by atoms with Crippen LogP contribution >= 0.6 is 0 Å². The van der Waals surface area contributed by atoms with Gasteiger partial charge in [-0.3, -0.25) is 9.69 Å². The summed E-state index contributed by atoms with van der Waals surface area (Å²) < 4.78 is 4.76. The third-order valence-corrected chi connectivity index (χ3v) is 11.0. The second-order valence-corrected chi connectivity index (χ2v) is 15.9. The molecule has 12 nitrogen and oxygen atoms in total. The van der Waals surface area contributed by atoms with E-state index in [1.807, 2.05) is 31.0 Å². The van der Waals surface area contributed by atoms with Gasteiger partial charge in [-0.25, -0.2) is 19.6 Å². The minimum absolute atomic E-state index is 0.0636. The van der Waals surface area contributed by atoms with E-state index in [0.29, 0.717) is 12.4 Å². The molecule has 2 unspecified atom stereocenters. The average Bonchev–Trinajstić information content (AvgIpc) is 3.98. The van der Waals surface area contributed by atoms with Gasteiger partial charge in [-0.05, 0) is 77.0 Å². The third-order valence-electron chi connectivity index (χ3n) is 11.0. The van der Waals surface area contributed by atoms with Crippen LogP contribution in [0.4, 0.5) is 9.59 Å². The van der Waals surface area contributed by atoms with E-state index in [1.165, 1.54) is 7.11 Å². The summed E-state index contributed by atoms with van der Waals surface area (Å²) in [6, 6.07) is 21.7. The van der Waals surface area contributed by atoms with Crippen molar-refractivity contribution in [3.05, 3.63) is 84.6 Å². The minimum Gasteiger partial charge on any atom is -0.465 e. The Balaban J connectivity index is 1.03. The zero-order valence-corrected chi connectivity index (χ0v) is 31.7. The number of aromatic amines is 2. The molecule has 5 aromatic rings. The van der Waals surface area contributed by atoms with Gasteiger partial charge in [0.15, 0.2) is 0 Å². The van der Waals surface area contributed by atoms with Crippen molar-refractivity contribution in [3.8, 4) is 33.5 Å². The van der Waals surface area contributed by atoms with E-state index in [0.717, 1.165) is 76.1 Å². The number of amides is 3. The number of aromatic nitrogens is 4. The molecule has 3 amide bonds. The first-order chi connectivity index (χ1) is 25.8. The number of carboxylic acid groups (broad SMARTS) is 1.